The molecule has 30 heavy (non-hydrogen) atoms. The summed E-state index contributed by atoms with van der Waals surface area (Å²) in [7, 11) is 0. The summed E-state index contributed by atoms with van der Waals surface area (Å²) in [6.07, 6.45) is 7.31. The van der Waals surface area contributed by atoms with Gasteiger partial charge in [-0.05, 0) is 63.1 Å². The maximum Gasteiger partial charge on any atom is 0.274 e. The van der Waals surface area contributed by atoms with Crippen LogP contribution in [0, 0.1) is 12.7 Å². The number of amides is 1. The second-order valence-corrected chi connectivity index (χ2v) is 8.70. The van der Waals surface area contributed by atoms with Gasteiger partial charge in [0.15, 0.2) is 5.69 Å². The van der Waals surface area contributed by atoms with Crippen molar-refractivity contribution in [3.63, 3.8) is 0 Å². The fourth-order valence-electron chi connectivity index (χ4n) is 4.73. The first-order valence-electron chi connectivity index (χ1n) is 11.4. The number of nitrogens with one attached hydrogen (secondary N) is 1. The minimum absolute atomic E-state index is 0.0987. The highest BCUT2D eigenvalue weighted by Crippen LogP contribution is 2.27. The van der Waals surface area contributed by atoms with Crippen molar-refractivity contribution in [2.24, 2.45) is 0 Å². The summed E-state index contributed by atoms with van der Waals surface area (Å²) in [5.41, 5.74) is 4.61. The lowest BCUT2D eigenvalue weighted by molar-refractivity contribution is 0.0753. The minimum atomic E-state index is -0.158. The van der Waals surface area contributed by atoms with E-state index in [4.69, 9.17) is 5.10 Å². The topological polar surface area (TPSA) is 50.2 Å². The Morgan fingerprint density at radius 1 is 1.23 bits per heavy atom. The van der Waals surface area contributed by atoms with Crippen LogP contribution in [0.2, 0.25) is 0 Å². The molecule has 2 heterocycles. The standard InChI is InChI=1S/C24H33FN4O/c1-3-29-22-11-10-19(26-16-18-9-8-17(2)21(25)14-18)15-20(22)23(27-29)24(30)28-12-6-4-5-7-13-28/h8-9,14,19,26H,3-7,10-13,15-16H2,1-2H3/t19-/m1/s1. The summed E-state index contributed by atoms with van der Waals surface area (Å²) in [6.45, 7) is 6.97. The molecule has 0 radical (unpaired) electrons. The molecule has 0 spiro atoms. The number of hydrogen-bond donors (Lipinski definition) is 1. The van der Waals surface area contributed by atoms with Crippen molar-refractivity contribution in [1.82, 2.24) is 20.0 Å². The van der Waals surface area contributed by atoms with E-state index in [0.717, 1.165) is 62.9 Å². The first-order valence-corrected chi connectivity index (χ1v) is 11.4. The predicted octanol–water partition coefficient (Wildman–Crippen LogP) is 4.01. The van der Waals surface area contributed by atoms with Crippen LogP contribution in [0.15, 0.2) is 18.2 Å². The van der Waals surface area contributed by atoms with Gasteiger partial charge in [-0.2, -0.15) is 5.10 Å². The van der Waals surface area contributed by atoms with Crippen LogP contribution in [-0.2, 0) is 25.9 Å². The van der Waals surface area contributed by atoms with E-state index in [-0.39, 0.29) is 17.8 Å². The highest BCUT2D eigenvalue weighted by molar-refractivity contribution is 5.94. The van der Waals surface area contributed by atoms with E-state index >= 15 is 0 Å². The molecule has 162 valence electrons. The number of carbonyl (C=O) groups is 1. The average molecular weight is 413 g/mol. The van der Waals surface area contributed by atoms with Gasteiger partial charge in [0.05, 0.1) is 0 Å². The molecule has 1 aliphatic heterocycles. The lowest BCUT2D eigenvalue weighted by Crippen LogP contribution is -2.36. The van der Waals surface area contributed by atoms with E-state index in [1.807, 2.05) is 21.7 Å². The van der Waals surface area contributed by atoms with Crippen LogP contribution in [0.25, 0.3) is 0 Å². The Morgan fingerprint density at radius 2 is 2.00 bits per heavy atom. The summed E-state index contributed by atoms with van der Waals surface area (Å²) in [5, 5.41) is 8.32. The molecule has 1 aliphatic carbocycles. The van der Waals surface area contributed by atoms with E-state index < -0.39 is 0 Å². The molecule has 1 fully saturated rings. The van der Waals surface area contributed by atoms with Crippen LogP contribution >= 0.6 is 0 Å². The SMILES string of the molecule is CCn1nc(C(=O)N2CCCCCC2)c2c1CC[C@@H](NCc1ccc(C)c(F)c1)C2. The Kier molecular flexibility index (Phi) is 6.52. The molecule has 1 N–H and O–H groups in total. The number of aromatic nitrogens is 2. The highest BCUT2D eigenvalue weighted by atomic mass is 19.1. The second kappa shape index (κ2) is 9.29. The normalized spacial score (nSPS) is 19.4. The molecule has 2 aliphatic rings. The monoisotopic (exact) mass is 412 g/mol. The molecule has 4 rings (SSSR count). The highest BCUT2D eigenvalue weighted by Gasteiger charge is 2.31. The van der Waals surface area contributed by atoms with Gasteiger partial charge in [0.1, 0.15) is 5.82 Å². The number of carbonyl (C=O) groups excluding carboxylic acids is 1. The summed E-state index contributed by atoms with van der Waals surface area (Å²) in [6, 6.07) is 5.68. The van der Waals surface area contributed by atoms with E-state index in [1.165, 1.54) is 18.5 Å². The third-order valence-corrected chi connectivity index (χ3v) is 6.57. The van der Waals surface area contributed by atoms with Gasteiger partial charge in [0.2, 0.25) is 0 Å². The van der Waals surface area contributed by atoms with E-state index in [1.54, 1.807) is 13.0 Å². The van der Waals surface area contributed by atoms with Crippen LogP contribution in [0.5, 0.6) is 0 Å². The van der Waals surface area contributed by atoms with Gasteiger partial charge in [0, 0.05) is 43.5 Å². The van der Waals surface area contributed by atoms with Gasteiger partial charge >= 0.3 is 0 Å². The number of hydrogen-bond acceptors (Lipinski definition) is 3. The minimum Gasteiger partial charge on any atom is -0.337 e. The van der Waals surface area contributed by atoms with E-state index in [2.05, 4.69) is 12.2 Å². The number of halogens is 1. The maximum absolute atomic E-state index is 13.9. The van der Waals surface area contributed by atoms with Crippen LogP contribution < -0.4 is 5.32 Å². The smallest absolute Gasteiger partial charge is 0.274 e. The van der Waals surface area contributed by atoms with Crippen molar-refractivity contribution in [3.8, 4) is 0 Å². The van der Waals surface area contributed by atoms with Crippen LogP contribution in [0.1, 0.15) is 71.9 Å². The first kappa shape index (κ1) is 21.0. The zero-order valence-electron chi connectivity index (χ0n) is 18.2. The Balaban J connectivity index is 1.49. The zero-order chi connectivity index (χ0) is 21.1. The van der Waals surface area contributed by atoms with Gasteiger partial charge in [-0.25, -0.2) is 4.39 Å². The van der Waals surface area contributed by atoms with Gasteiger partial charge in [-0.15, -0.1) is 0 Å². The van der Waals surface area contributed by atoms with Crippen LogP contribution in [0.3, 0.4) is 0 Å². The molecule has 1 aromatic heterocycles. The molecule has 2 aromatic rings. The Hall–Kier alpha value is -2.21. The molecular formula is C24H33FN4O. The van der Waals surface area contributed by atoms with Crippen molar-refractivity contribution < 1.29 is 9.18 Å². The molecule has 1 saturated heterocycles. The fraction of sp³-hybridized carbons (Fsp3) is 0.583. The predicted molar refractivity (Wildman–Crippen MR) is 116 cm³/mol. The average Bonchev–Trinajstić information content (AvgIpc) is 2.92. The molecule has 5 nitrogen and oxygen atoms in total. The molecular weight excluding hydrogens is 379 g/mol. The lowest BCUT2D eigenvalue weighted by Gasteiger charge is -2.25. The third-order valence-electron chi connectivity index (χ3n) is 6.57. The lowest BCUT2D eigenvalue weighted by atomic mass is 9.90. The van der Waals surface area contributed by atoms with Gasteiger partial charge in [-0.3, -0.25) is 9.48 Å². The molecule has 1 atom stereocenters. The van der Waals surface area contributed by atoms with Crippen molar-refractivity contribution >= 4 is 5.91 Å². The van der Waals surface area contributed by atoms with Crippen molar-refractivity contribution in [3.05, 3.63) is 52.1 Å². The van der Waals surface area contributed by atoms with E-state index in [9.17, 15) is 9.18 Å². The van der Waals surface area contributed by atoms with Crippen LogP contribution in [0.4, 0.5) is 4.39 Å². The molecule has 1 aromatic carbocycles. The summed E-state index contributed by atoms with van der Waals surface area (Å²) in [4.78, 5) is 15.3. The molecule has 1 amide bonds. The Bertz CT molecular complexity index is 899. The largest absolute Gasteiger partial charge is 0.337 e. The fourth-order valence-corrected chi connectivity index (χ4v) is 4.73. The second-order valence-electron chi connectivity index (χ2n) is 8.70. The summed E-state index contributed by atoms with van der Waals surface area (Å²) < 4.78 is 15.9. The van der Waals surface area contributed by atoms with Crippen LogP contribution in [-0.4, -0.2) is 39.7 Å². The number of nitrogens with zero attached hydrogens (tertiary/aromatic N) is 3. The van der Waals surface area contributed by atoms with Gasteiger partial charge in [0.25, 0.3) is 5.91 Å². The maximum atomic E-state index is 13.9. The van der Waals surface area contributed by atoms with Crippen molar-refractivity contribution in [2.75, 3.05) is 13.1 Å². The number of likely N-dealkylation sites (tertiary alicyclic amines) is 1. The Morgan fingerprint density at radius 3 is 2.70 bits per heavy atom. The van der Waals surface area contributed by atoms with E-state index in [0.29, 0.717) is 17.8 Å². The van der Waals surface area contributed by atoms with Crippen molar-refractivity contribution in [2.45, 2.75) is 77.9 Å². The third kappa shape index (κ3) is 4.43. The molecule has 6 heteroatoms. The van der Waals surface area contributed by atoms with Crippen molar-refractivity contribution in [1.29, 1.82) is 0 Å². The first-order chi connectivity index (χ1) is 14.6. The molecule has 0 unspecified atom stereocenters. The quantitative estimate of drug-likeness (QED) is 0.807. The molecule has 0 saturated carbocycles. The number of benzene rings is 1. The molecule has 0 bridgehead atoms. The number of rotatable bonds is 5. The summed E-state index contributed by atoms with van der Waals surface area (Å²) >= 11 is 0. The van der Waals surface area contributed by atoms with Gasteiger partial charge in [-0.1, -0.05) is 25.0 Å². The zero-order valence-corrected chi connectivity index (χ0v) is 18.2. The van der Waals surface area contributed by atoms with Gasteiger partial charge < -0.3 is 10.2 Å². The number of aryl methyl sites for hydroxylation is 2. The summed E-state index contributed by atoms with van der Waals surface area (Å²) in [5.74, 6) is -0.0589. The number of fused-ring (bicyclic) bond motifs is 1. The Labute approximate surface area is 178 Å².